The Morgan fingerprint density at radius 1 is 1.11 bits per heavy atom. The molecule has 0 bridgehead atoms. The molecule has 0 aliphatic heterocycles. The smallest absolute Gasteiger partial charge is 0.349 e. The van der Waals surface area contributed by atoms with Crippen molar-refractivity contribution in [3.8, 4) is 5.75 Å². The molecule has 0 unspecified atom stereocenters. The van der Waals surface area contributed by atoms with Gasteiger partial charge in [0.1, 0.15) is 23.0 Å². The molecule has 4 rings (SSSR count). The van der Waals surface area contributed by atoms with Crippen molar-refractivity contribution in [1.82, 2.24) is 0 Å². The predicted octanol–water partition coefficient (Wildman–Crippen LogP) is 7.85. The highest BCUT2D eigenvalue weighted by atomic mass is 35.5. The van der Waals surface area contributed by atoms with E-state index in [1.807, 2.05) is 19.1 Å². The standard InChI is InChI=1S/C26H23Cl2NO5S/c1-13(2)18-11-19(27)14(3)9-21(18)33-12-16-6-8-20(34-16)25(30)29-15-5-7-17-22(10-15)35-24(23(17)28)26(31)32-4/h5-11,13H,12H2,1-4H3,(H,29,30). The molecule has 0 aliphatic rings. The Balaban J connectivity index is 1.46. The summed E-state index contributed by atoms with van der Waals surface area (Å²) in [6.07, 6.45) is 0. The average molecular weight is 532 g/mol. The summed E-state index contributed by atoms with van der Waals surface area (Å²) in [5.41, 5.74) is 2.47. The fourth-order valence-corrected chi connectivity index (χ4v) is 5.17. The van der Waals surface area contributed by atoms with Gasteiger partial charge in [-0.25, -0.2) is 4.79 Å². The summed E-state index contributed by atoms with van der Waals surface area (Å²) < 4.78 is 17.2. The van der Waals surface area contributed by atoms with Gasteiger partial charge in [0.15, 0.2) is 5.76 Å². The zero-order chi connectivity index (χ0) is 25.3. The number of carbonyl (C=O) groups is 2. The second-order valence-corrected chi connectivity index (χ2v) is 10.1. The van der Waals surface area contributed by atoms with Crippen LogP contribution in [0.25, 0.3) is 10.1 Å². The minimum Gasteiger partial charge on any atom is -0.485 e. The SMILES string of the molecule is COC(=O)c1sc2cc(NC(=O)c3ccc(COc4cc(C)c(Cl)cc4C(C)C)o3)ccc2c1Cl. The van der Waals surface area contributed by atoms with Gasteiger partial charge in [-0.15, -0.1) is 11.3 Å². The van der Waals surface area contributed by atoms with Gasteiger partial charge in [0.05, 0.1) is 12.1 Å². The molecule has 9 heteroatoms. The van der Waals surface area contributed by atoms with Gasteiger partial charge in [-0.3, -0.25) is 4.79 Å². The van der Waals surface area contributed by atoms with E-state index in [1.165, 1.54) is 18.4 Å². The molecule has 4 aromatic rings. The van der Waals surface area contributed by atoms with Crippen LogP contribution in [0.1, 0.15) is 56.9 Å². The van der Waals surface area contributed by atoms with Crippen molar-refractivity contribution in [3.05, 3.63) is 80.0 Å². The third-order valence-electron chi connectivity index (χ3n) is 5.43. The number of anilines is 1. The predicted molar refractivity (Wildman–Crippen MR) is 139 cm³/mol. The number of aryl methyl sites for hydroxylation is 1. The van der Waals surface area contributed by atoms with Crippen LogP contribution in [0.5, 0.6) is 5.75 Å². The van der Waals surface area contributed by atoms with Crippen LogP contribution < -0.4 is 10.1 Å². The molecule has 0 fully saturated rings. The van der Waals surface area contributed by atoms with Gasteiger partial charge in [0.2, 0.25) is 0 Å². The van der Waals surface area contributed by atoms with Crippen molar-refractivity contribution >= 4 is 62.2 Å². The van der Waals surface area contributed by atoms with E-state index in [0.29, 0.717) is 31.8 Å². The Bertz CT molecular complexity index is 1420. The molecule has 182 valence electrons. The number of methoxy groups -OCH3 is 1. The van der Waals surface area contributed by atoms with Crippen LogP contribution >= 0.6 is 34.5 Å². The maximum atomic E-state index is 12.7. The number of esters is 1. The summed E-state index contributed by atoms with van der Waals surface area (Å²) in [4.78, 5) is 24.9. The zero-order valence-electron chi connectivity index (χ0n) is 19.5. The van der Waals surface area contributed by atoms with Gasteiger partial charge in [-0.05, 0) is 66.4 Å². The number of benzene rings is 2. The highest BCUT2D eigenvalue weighted by Crippen LogP contribution is 2.37. The second-order valence-electron chi connectivity index (χ2n) is 8.25. The molecule has 0 aliphatic carbocycles. The second kappa shape index (κ2) is 10.3. The topological polar surface area (TPSA) is 77.8 Å². The lowest BCUT2D eigenvalue weighted by Gasteiger charge is -2.15. The minimum absolute atomic E-state index is 0.152. The Hall–Kier alpha value is -3.00. The van der Waals surface area contributed by atoms with E-state index in [9.17, 15) is 9.59 Å². The number of hydrogen-bond donors (Lipinski definition) is 1. The fourth-order valence-electron chi connectivity index (χ4n) is 3.53. The zero-order valence-corrected chi connectivity index (χ0v) is 21.9. The molecule has 35 heavy (non-hydrogen) atoms. The molecular weight excluding hydrogens is 509 g/mol. The van der Waals surface area contributed by atoms with Crippen LogP contribution in [0.2, 0.25) is 10.0 Å². The average Bonchev–Trinajstić information content (AvgIpc) is 3.43. The number of carbonyl (C=O) groups excluding carboxylic acids is 2. The highest BCUT2D eigenvalue weighted by Gasteiger charge is 2.19. The molecule has 1 amide bonds. The Morgan fingerprint density at radius 2 is 1.89 bits per heavy atom. The Kier molecular flexibility index (Phi) is 7.40. The molecular formula is C26H23Cl2NO5S. The maximum Gasteiger partial charge on any atom is 0.349 e. The van der Waals surface area contributed by atoms with Gasteiger partial charge >= 0.3 is 5.97 Å². The molecule has 6 nitrogen and oxygen atoms in total. The number of hydrogen-bond acceptors (Lipinski definition) is 6. The number of thiophene rings is 1. The molecule has 0 saturated carbocycles. The number of halogens is 2. The summed E-state index contributed by atoms with van der Waals surface area (Å²) in [5, 5.41) is 4.55. The lowest BCUT2D eigenvalue weighted by molar-refractivity contribution is 0.0606. The van der Waals surface area contributed by atoms with E-state index in [-0.39, 0.29) is 18.3 Å². The first-order valence-corrected chi connectivity index (χ1v) is 12.4. The summed E-state index contributed by atoms with van der Waals surface area (Å²) in [7, 11) is 1.30. The quantitative estimate of drug-likeness (QED) is 0.245. The summed E-state index contributed by atoms with van der Waals surface area (Å²) in [6, 6.07) is 12.3. The molecule has 0 atom stereocenters. The van der Waals surface area contributed by atoms with Crippen LogP contribution in [0.3, 0.4) is 0 Å². The molecule has 2 aromatic carbocycles. The lowest BCUT2D eigenvalue weighted by Crippen LogP contribution is -2.10. The van der Waals surface area contributed by atoms with E-state index < -0.39 is 11.9 Å². The summed E-state index contributed by atoms with van der Waals surface area (Å²) in [5.74, 6) is 0.733. The number of nitrogens with one attached hydrogen (secondary N) is 1. The van der Waals surface area contributed by atoms with Crippen molar-refractivity contribution < 1.29 is 23.5 Å². The third kappa shape index (κ3) is 5.32. The number of rotatable bonds is 7. The lowest BCUT2D eigenvalue weighted by atomic mass is 10.0. The van der Waals surface area contributed by atoms with Crippen molar-refractivity contribution in [2.45, 2.75) is 33.3 Å². The molecule has 1 N–H and O–H groups in total. The van der Waals surface area contributed by atoms with Gasteiger partial charge in [0, 0.05) is 20.8 Å². The van der Waals surface area contributed by atoms with Crippen molar-refractivity contribution in [2.75, 3.05) is 12.4 Å². The van der Waals surface area contributed by atoms with E-state index in [4.69, 9.17) is 37.1 Å². The largest absolute Gasteiger partial charge is 0.485 e. The third-order valence-corrected chi connectivity index (χ3v) is 7.47. The number of fused-ring (bicyclic) bond motifs is 1. The van der Waals surface area contributed by atoms with Crippen LogP contribution in [0, 0.1) is 6.92 Å². The number of amides is 1. The molecule has 2 aromatic heterocycles. The van der Waals surface area contributed by atoms with Gasteiger partial charge in [0.25, 0.3) is 5.91 Å². The minimum atomic E-state index is -0.499. The van der Waals surface area contributed by atoms with Gasteiger partial charge < -0.3 is 19.2 Å². The van der Waals surface area contributed by atoms with E-state index in [1.54, 1.807) is 30.3 Å². The first-order chi connectivity index (χ1) is 16.7. The van der Waals surface area contributed by atoms with Crippen molar-refractivity contribution in [3.63, 3.8) is 0 Å². The molecule has 0 saturated heterocycles. The highest BCUT2D eigenvalue weighted by molar-refractivity contribution is 7.21. The first kappa shape index (κ1) is 25.1. The summed E-state index contributed by atoms with van der Waals surface area (Å²) in [6.45, 7) is 6.23. The molecule has 2 heterocycles. The summed E-state index contributed by atoms with van der Waals surface area (Å²) >= 11 is 13.8. The van der Waals surface area contributed by atoms with E-state index in [0.717, 1.165) is 21.6 Å². The Morgan fingerprint density at radius 3 is 2.60 bits per heavy atom. The van der Waals surface area contributed by atoms with Crippen LogP contribution in [0.4, 0.5) is 5.69 Å². The number of furan rings is 1. The first-order valence-electron chi connectivity index (χ1n) is 10.8. The van der Waals surface area contributed by atoms with Crippen LogP contribution in [-0.2, 0) is 11.3 Å². The fraction of sp³-hybridized carbons (Fsp3) is 0.231. The maximum absolute atomic E-state index is 12.7. The monoisotopic (exact) mass is 531 g/mol. The van der Waals surface area contributed by atoms with Crippen molar-refractivity contribution in [1.29, 1.82) is 0 Å². The van der Waals surface area contributed by atoms with E-state index >= 15 is 0 Å². The number of ether oxygens (including phenoxy) is 2. The van der Waals surface area contributed by atoms with E-state index in [2.05, 4.69) is 19.2 Å². The normalized spacial score (nSPS) is 11.2. The van der Waals surface area contributed by atoms with Crippen LogP contribution in [0.15, 0.2) is 46.9 Å². The van der Waals surface area contributed by atoms with Gasteiger partial charge in [-0.1, -0.05) is 37.0 Å². The van der Waals surface area contributed by atoms with Crippen molar-refractivity contribution in [2.24, 2.45) is 0 Å². The van der Waals surface area contributed by atoms with Gasteiger partial charge in [-0.2, -0.15) is 0 Å². The van der Waals surface area contributed by atoms with Crippen LogP contribution in [-0.4, -0.2) is 19.0 Å². The molecule has 0 spiro atoms. The Labute approximate surface area is 216 Å². The molecule has 0 radical (unpaired) electrons.